The van der Waals surface area contributed by atoms with Crippen LogP contribution in [0.1, 0.15) is 38.2 Å². The molecule has 0 aromatic carbocycles. The van der Waals surface area contributed by atoms with Crippen LogP contribution >= 0.6 is 0 Å². The highest BCUT2D eigenvalue weighted by Gasteiger charge is 2.51. The van der Waals surface area contributed by atoms with Gasteiger partial charge in [0, 0.05) is 25.0 Å². The summed E-state index contributed by atoms with van der Waals surface area (Å²) in [5, 5.41) is 9.77. The van der Waals surface area contributed by atoms with E-state index in [2.05, 4.69) is 22.8 Å². The fraction of sp³-hybridized carbons (Fsp3) is 0.650. The molecule has 138 valence electrons. The van der Waals surface area contributed by atoms with Crippen LogP contribution in [0.4, 0.5) is 0 Å². The average molecular weight is 346 g/mol. The summed E-state index contributed by atoms with van der Waals surface area (Å²) in [6.07, 6.45) is 4.03. The summed E-state index contributed by atoms with van der Waals surface area (Å²) in [5.41, 5.74) is 1.24. The highest BCUT2D eigenvalue weighted by atomic mass is 16.4. The van der Waals surface area contributed by atoms with Crippen LogP contribution in [-0.2, 0) is 11.3 Å². The first-order valence-electron chi connectivity index (χ1n) is 9.26. The number of carboxylic acids is 1. The second-order valence-corrected chi connectivity index (χ2v) is 7.85. The summed E-state index contributed by atoms with van der Waals surface area (Å²) in [4.78, 5) is 16.6. The number of hydrogen-bond donors (Lipinski definition) is 1. The lowest BCUT2D eigenvalue weighted by atomic mass is 9.71. The number of allylic oxidation sites excluding steroid dienone is 1. The van der Waals surface area contributed by atoms with Gasteiger partial charge in [0.05, 0.1) is 12.5 Å². The molecule has 0 saturated carbocycles. The second kappa shape index (κ2) is 7.34. The van der Waals surface area contributed by atoms with Gasteiger partial charge in [-0.15, -0.1) is 0 Å². The van der Waals surface area contributed by atoms with Crippen molar-refractivity contribution in [2.75, 3.05) is 32.7 Å². The minimum Gasteiger partial charge on any atom is -0.481 e. The molecule has 1 spiro atoms. The molecular weight excluding hydrogens is 316 g/mol. The maximum absolute atomic E-state index is 11.9. The molecule has 1 N–H and O–H groups in total. The van der Waals surface area contributed by atoms with Gasteiger partial charge in [0.2, 0.25) is 0 Å². The first-order valence-corrected chi connectivity index (χ1v) is 9.26. The molecule has 1 unspecified atom stereocenters. The van der Waals surface area contributed by atoms with Crippen LogP contribution in [-0.4, -0.2) is 53.6 Å². The van der Waals surface area contributed by atoms with Gasteiger partial charge in [-0.2, -0.15) is 0 Å². The van der Waals surface area contributed by atoms with Gasteiger partial charge in [-0.25, -0.2) is 0 Å². The van der Waals surface area contributed by atoms with Crippen molar-refractivity contribution in [3.63, 3.8) is 0 Å². The Morgan fingerprint density at radius 1 is 1.36 bits per heavy atom. The molecule has 5 heteroatoms. The predicted molar refractivity (Wildman–Crippen MR) is 97.4 cm³/mol. The van der Waals surface area contributed by atoms with E-state index >= 15 is 0 Å². The van der Waals surface area contributed by atoms with Crippen molar-refractivity contribution < 1.29 is 14.3 Å². The lowest BCUT2D eigenvalue weighted by molar-refractivity contribution is -0.146. The van der Waals surface area contributed by atoms with Crippen LogP contribution < -0.4 is 0 Å². The first kappa shape index (κ1) is 18.2. The number of likely N-dealkylation sites (tertiary alicyclic amines) is 2. The molecule has 0 aliphatic carbocycles. The summed E-state index contributed by atoms with van der Waals surface area (Å²) in [5.74, 6) is 1.07. The SMILES string of the molecule is C/C=C(\C)CN1CC(C(=O)O)C2(CCN(Cc3ccc(C)o3)CC2)C1. The van der Waals surface area contributed by atoms with Gasteiger partial charge < -0.3 is 9.52 Å². The van der Waals surface area contributed by atoms with E-state index in [0.717, 1.165) is 57.1 Å². The number of nitrogens with zero attached hydrogens (tertiary/aromatic N) is 2. The van der Waals surface area contributed by atoms with Crippen molar-refractivity contribution in [3.05, 3.63) is 35.3 Å². The Balaban J connectivity index is 1.63. The first-order chi connectivity index (χ1) is 11.9. The lowest BCUT2D eigenvalue weighted by Gasteiger charge is -2.41. The zero-order chi connectivity index (χ0) is 18.0. The quantitative estimate of drug-likeness (QED) is 0.830. The Morgan fingerprint density at radius 2 is 2.08 bits per heavy atom. The van der Waals surface area contributed by atoms with Crippen LogP contribution in [0.15, 0.2) is 28.2 Å². The molecule has 2 aliphatic heterocycles. The molecule has 3 heterocycles. The molecule has 1 aromatic rings. The molecule has 0 bridgehead atoms. The number of hydrogen-bond acceptors (Lipinski definition) is 4. The third-order valence-corrected chi connectivity index (χ3v) is 6.01. The molecule has 0 radical (unpaired) electrons. The number of carboxylic acid groups (broad SMARTS) is 1. The van der Waals surface area contributed by atoms with Gasteiger partial charge in [0.1, 0.15) is 11.5 Å². The molecule has 2 fully saturated rings. The van der Waals surface area contributed by atoms with Gasteiger partial charge in [-0.1, -0.05) is 11.6 Å². The van der Waals surface area contributed by atoms with Crippen LogP contribution in [0.25, 0.3) is 0 Å². The highest BCUT2D eigenvalue weighted by molar-refractivity contribution is 5.72. The molecular formula is C20H30N2O3. The third-order valence-electron chi connectivity index (χ3n) is 6.01. The zero-order valence-electron chi connectivity index (χ0n) is 15.6. The van der Waals surface area contributed by atoms with E-state index in [1.807, 2.05) is 26.0 Å². The Hall–Kier alpha value is -1.59. The van der Waals surface area contributed by atoms with Crippen LogP contribution in [0.3, 0.4) is 0 Å². The van der Waals surface area contributed by atoms with E-state index in [1.165, 1.54) is 5.57 Å². The summed E-state index contributed by atoms with van der Waals surface area (Å²) in [7, 11) is 0. The fourth-order valence-electron chi connectivity index (χ4n) is 4.43. The van der Waals surface area contributed by atoms with Gasteiger partial charge >= 0.3 is 5.97 Å². The number of carbonyl (C=O) groups is 1. The molecule has 3 rings (SSSR count). The van der Waals surface area contributed by atoms with E-state index in [1.54, 1.807) is 0 Å². The molecule has 1 atom stereocenters. The fourth-order valence-corrected chi connectivity index (χ4v) is 4.43. The van der Waals surface area contributed by atoms with Crippen LogP contribution in [0.5, 0.6) is 0 Å². The van der Waals surface area contributed by atoms with E-state index in [9.17, 15) is 9.90 Å². The van der Waals surface area contributed by atoms with Crippen molar-refractivity contribution in [3.8, 4) is 0 Å². The Kier molecular flexibility index (Phi) is 5.35. The van der Waals surface area contributed by atoms with Crippen LogP contribution in [0, 0.1) is 18.3 Å². The van der Waals surface area contributed by atoms with E-state index in [4.69, 9.17) is 4.42 Å². The summed E-state index contributed by atoms with van der Waals surface area (Å²) >= 11 is 0. The Labute approximate surface area is 150 Å². The normalized spacial score (nSPS) is 24.9. The lowest BCUT2D eigenvalue weighted by Crippen LogP contribution is -2.45. The van der Waals surface area contributed by atoms with Crippen LogP contribution in [0.2, 0.25) is 0 Å². The van der Waals surface area contributed by atoms with E-state index in [-0.39, 0.29) is 11.3 Å². The molecule has 1 aromatic heterocycles. The van der Waals surface area contributed by atoms with Crippen molar-refractivity contribution in [2.45, 2.75) is 40.2 Å². The topological polar surface area (TPSA) is 56.9 Å². The monoisotopic (exact) mass is 346 g/mol. The predicted octanol–water partition coefficient (Wildman–Crippen LogP) is 3.15. The Morgan fingerprint density at radius 3 is 2.64 bits per heavy atom. The highest BCUT2D eigenvalue weighted by Crippen LogP contribution is 2.45. The van der Waals surface area contributed by atoms with Gasteiger partial charge in [0.25, 0.3) is 0 Å². The van der Waals surface area contributed by atoms with Gasteiger partial charge in [-0.05, 0) is 58.8 Å². The molecule has 2 saturated heterocycles. The number of piperidine rings is 1. The summed E-state index contributed by atoms with van der Waals surface area (Å²) < 4.78 is 5.69. The van der Waals surface area contributed by atoms with Gasteiger partial charge in [-0.3, -0.25) is 14.6 Å². The number of aryl methyl sites for hydroxylation is 1. The standard InChI is InChI=1S/C20H30N2O3/c1-4-15(2)11-22-13-18(19(23)24)20(14-22)7-9-21(10-8-20)12-17-6-5-16(3)25-17/h4-6,18H,7-14H2,1-3H3,(H,23,24)/b15-4+. The minimum absolute atomic E-state index is 0.0740. The maximum Gasteiger partial charge on any atom is 0.308 e. The van der Waals surface area contributed by atoms with Gasteiger partial charge in [0.15, 0.2) is 0 Å². The smallest absolute Gasteiger partial charge is 0.308 e. The molecule has 2 aliphatic rings. The van der Waals surface area contributed by atoms with Crippen molar-refractivity contribution >= 4 is 5.97 Å². The largest absolute Gasteiger partial charge is 0.481 e. The average Bonchev–Trinajstić information content (AvgIpc) is 3.14. The summed E-state index contributed by atoms with van der Waals surface area (Å²) in [6, 6.07) is 4.04. The molecule has 5 nitrogen and oxygen atoms in total. The minimum atomic E-state index is -0.629. The van der Waals surface area contributed by atoms with Crippen molar-refractivity contribution in [1.29, 1.82) is 0 Å². The maximum atomic E-state index is 11.9. The van der Waals surface area contributed by atoms with Crippen molar-refractivity contribution in [1.82, 2.24) is 9.80 Å². The second-order valence-electron chi connectivity index (χ2n) is 7.85. The van der Waals surface area contributed by atoms with E-state index < -0.39 is 5.97 Å². The molecule has 0 amide bonds. The van der Waals surface area contributed by atoms with Crippen molar-refractivity contribution in [2.24, 2.45) is 11.3 Å². The molecule has 25 heavy (non-hydrogen) atoms. The number of furan rings is 1. The summed E-state index contributed by atoms with van der Waals surface area (Å²) in [6.45, 7) is 11.3. The number of aliphatic carboxylic acids is 1. The zero-order valence-corrected chi connectivity index (χ0v) is 15.6. The van der Waals surface area contributed by atoms with E-state index in [0.29, 0.717) is 6.54 Å². The Bertz CT molecular complexity index is 641. The third kappa shape index (κ3) is 3.98. The number of rotatable bonds is 5.